The number of pyridine rings is 1. The molecule has 0 aliphatic rings. The third-order valence-electron chi connectivity index (χ3n) is 4.11. The largest absolute Gasteiger partial charge is 0.321 e. The molecule has 0 aliphatic carbocycles. The van der Waals surface area contributed by atoms with Crippen molar-refractivity contribution in [3.8, 4) is 11.1 Å². The van der Waals surface area contributed by atoms with Gasteiger partial charge in [0, 0.05) is 27.9 Å². The van der Waals surface area contributed by atoms with Crippen LogP contribution in [0.2, 0.25) is 5.02 Å². The molecule has 5 heteroatoms. The number of aromatic nitrogens is 1. The zero-order chi connectivity index (χ0) is 18.1. The first-order valence-corrected chi connectivity index (χ1v) is 9.33. The van der Waals surface area contributed by atoms with Crippen LogP contribution >= 0.6 is 22.9 Å². The Balaban J connectivity index is 1.81. The van der Waals surface area contributed by atoms with Gasteiger partial charge in [-0.25, -0.2) is 4.98 Å². The van der Waals surface area contributed by atoms with E-state index in [2.05, 4.69) is 10.3 Å². The van der Waals surface area contributed by atoms with Gasteiger partial charge in [0.25, 0.3) is 5.91 Å². The summed E-state index contributed by atoms with van der Waals surface area (Å²) >= 11 is 7.42. The van der Waals surface area contributed by atoms with Crippen LogP contribution in [0.4, 0.5) is 5.69 Å². The number of rotatable bonds is 3. The molecule has 1 amide bonds. The second kappa shape index (κ2) is 6.90. The molecule has 4 aromatic rings. The smallest absolute Gasteiger partial charge is 0.266 e. The number of thiophene rings is 1. The minimum atomic E-state index is -0.137. The number of amides is 1. The van der Waals surface area contributed by atoms with E-state index in [4.69, 9.17) is 11.6 Å². The molecule has 0 spiro atoms. The van der Waals surface area contributed by atoms with Gasteiger partial charge in [0.1, 0.15) is 9.71 Å². The van der Waals surface area contributed by atoms with Gasteiger partial charge in [-0.1, -0.05) is 41.4 Å². The van der Waals surface area contributed by atoms with Crippen LogP contribution in [0.5, 0.6) is 0 Å². The van der Waals surface area contributed by atoms with Crippen molar-refractivity contribution in [3.05, 3.63) is 82.3 Å². The van der Waals surface area contributed by atoms with Crippen molar-refractivity contribution in [2.24, 2.45) is 0 Å². The van der Waals surface area contributed by atoms with Crippen LogP contribution in [0.3, 0.4) is 0 Å². The lowest BCUT2D eigenvalue weighted by atomic mass is 10.0. The van der Waals surface area contributed by atoms with Crippen LogP contribution in [0.1, 0.15) is 15.2 Å². The summed E-state index contributed by atoms with van der Waals surface area (Å²) in [6.07, 6.45) is 1.74. The Morgan fingerprint density at radius 1 is 1.04 bits per heavy atom. The van der Waals surface area contributed by atoms with Crippen molar-refractivity contribution in [2.45, 2.75) is 6.92 Å². The van der Waals surface area contributed by atoms with Gasteiger partial charge in [0.2, 0.25) is 0 Å². The Morgan fingerprint density at radius 2 is 1.77 bits per heavy atom. The Bertz CT molecular complexity index is 1090. The van der Waals surface area contributed by atoms with Crippen molar-refractivity contribution in [3.63, 3.8) is 0 Å². The average Bonchev–Trinajstić information content (AvgIpc) is 3.04. The predicted molar refractivity (Wildman–Crippen MR) is 109 cm³/mol. The summed E-state index contributed by atoms with van der Waals surface area (Å²) in [4.78, 5) is 18.9. The molecular weight excluding hydrogens is 364 g/mol. The fourth-order valence-electron chi connectivity index (χ4n) is 2.82. The number of aryl methyl sites for hydroxylation is 1. The number of anilines is 1. The predicted octanol–water partition coefficient (Wildman–Crippen LogP) is 6.18. The van der Waals surface area contributed by atoms with Gasteiger partial charge in [-0.3, -0.25) is 4.79 Å². The lowest BCUT2D eigenvalue weighted by molar-refractivity contribution is 0.103. The highest BCUT2D eigenvalue weighted by Gasteiger charge is 2.20. The van der Waals surface area contributed by atoms with Gasteiger partial charge in [-0.2, -0.15) is 0 Å². The van der Waals surface area contributed by atoms with Crippen molar-refractivity contribution < 1.29 is 4.79 Å². The van der Waals surface area contributed by atoms with Gasteiger partial charge < -0.3 is 5.32 Å². The van der Waals surface area contributed by atoms with E-state index in [1.807, 2.05) is 67.6 Å². The number of nitrogens with zero attached hydrogens (tertiary/aromatic N) is 1. The van der Waals surface area contributed by atoms with Crippen molar-refractivity contribution >= 4 is 44.7 Å². The molecule has 3 nitrogen and oxygen atoms in total. The summed E-state index contributed by atoms with van der Waals surface area (Å²) in [6.45, 7) is 2.02. The zero-order valence-electron chi connectivity index (χ0n) is 14.0. The highest BCUT2D eigenvalue weighted by atomic mass is 35.5. The van der Waals surface area contributed by atoms with Crippen LogP contribution < -0.4 is 5.32 Å². The molecule has 0 atom stereocenters. The van der Waals surface area contributed by atoms with Crippen LogP contribution in [-0.4, -0.2) is 10.9 Å². The summed E-state index contributed by atoms with van der Waals surface area (Å²) in [5.74, 6) is -0.137. The molecule has 0 bridgehead atoms. The second-order valence-corrected chi connectivity index (χ2v) is 7.42. The number of carbonyl (C=O) groups excluding carboxylic acids is 1. The summed E-state index contributed by atoms with van der Waals surface area (Å²) in [5.41, 5.74) is 3.76. The molecule has 26 heavy (non-hydrogen) atoms. The number of hydrogen-bond acceptors (Lipinski definition) is 3. The molecular formula is C21H15ClN2OS. The second-order valence-electron chi connectivity index (χ2n) is 5.99. The van der Waals surface area contributed by atoms with Crippen LogP contribution in [-0.2, 0) is 0 Å². The maximum atomic E-state index is 13.0. The highest BCUT2D eigenvalue weighted by molar-refractivity contribution is 7.21. The molecule has 0 aliphatic heterocycles. The summed E-state index contributed by atoms with van der Waals surface area (Å²) < 4.78 is 0. The zero-order valence-corrected chi connectivity index (χ0v) is 15.6. The summed E-state index contributed by atoms with van der Waals surface area (Å²) in [6, 6.07) is 19.2. The number of hydrogen-bond donors (Lipinski definition) is 1. The Hall–Kier alpha value is -2.69. The summed E-state index contributed by atoms with van der Waals surface area (Å²) in [5, 5.41) is 4.62. The van der Waals surface area contributed by atoms with Crippen molar-refractivity contribution in [2.75, 3.05) is 5.32 Å². The lowest BCUT2D eigenvalue weighted by Crippen LogP contribution is -2.11. The molecule has 128 valence electrons. The van der Waals surface area contributed by atoms with E-state index in [-0.39, 0.29) is 5.91 Å². The molecule has 0 radical (unpaired) electrons. The highest BCUT2D eigenvalue weighted by Crippen LogP contribution is 2.38. The van der Waals surface area contributed by atoms with Crippen LogP contribution in [0.25, 0.3) is 21.3 Å². The fraction of sp³-hybridized carbons (Fsp3) is 0.0476. The van der Waals surface area contributed by atoms with Gasteiger partial charge in [0.15, 0.2) is 0 Å². The van der Waals surface area contributed by atoms with E-state index < -0.39 is 0 Å². The molecule has 2 heterocycles. The number of fused-ring (bicyclic) bond motifs is 1. The third-order valence-corrected chi connectivity index (χ3v) is 5.48. The standard InChI is InChI=1S/C21H15ClN2OS/c1-13-4-10-16(11-5-13)24-20(25)19-18(14-6-8-15(22)9-7-14)17-3-2-12-23-21(17)26-19/h2-12H,1H3,(H,24,25). The molecule has 2 aromatic carbocycles. The fourth-order valence-corrected chi connectivity index (χ4v) is 4.01. The Kier molecular flexibility index (Phi) is 4.45. The number of halogens is 1. The van der Waals surface area contributed by atoms with Gasteiger partial charge in [-0.15, -0.1) is 11.3 Å². The number of nitrogens with one attached hydrogen (secondary N) is 1. The van der Waals surface area contributed by atoms with E-state index in [0.717, 1.165) is 32.6 Å². The monoisotopic (exact) mass is 378 g/mol. The first-order valence-electron chi connectivity index (χ1n) is 8.13. The topological polar surface area (TPSA) is 42.0 Å². The average molecular weight is 379 g/mol. The minimum absolute atomic E-state index is 0.137. The quantitative estimate of drug-likeness (QED) is 0.462. The van der Waals surface area contributed by atoms with Gasteiger partial charge in [0.05, 0.1) is 0 Å². The molecule has 0 saturated carbocycles. The van der Waals surface area contributed by atoms with E-state index in [9.17, 15) is 4.79 Å². The van der Waals surface area contributed by atoms with Crippen molar-refractivity contribution in [1.82, 2.24) is 4.98 Å². The first-order chi connectivity index (χ1) is 12.6. The normalized spacial score (nSPS) is 10.8. The van der Waals surface area contributed by atoms with E-state index in [0.29, 0.717) is 9.90 Å². The number of benzene rings is 2. The molecule has 4 rings (SSSR count). The van der Waals surface area contributed by atoms with E-state index in [1.54, 1.807) is 6.20 Å². The molecule has 0 fully saturated rings. The molecule has 0 saturated heterocycles. The molecule has 1 N–H and O–H groups in total. The Labute approximate surface area is 160 Å². The van der Waals surface area contributed by atoms with Gasteiger partial charge in [-0.05, 0) is 48.9 Å². The van der Waals surface area contributed by atoms with Gasteiger partial charge >= 0.3 is 0 Å². The van der Waals surface area contributed by atoms with Crippen LogP contribution in [0.15, 0.2) is 66.9 Å². The first kappa shape index (κ1) is 16.8. The number of carbonyl (C=O) groups is 1. The molecule has 2 aromatic heterocycles. The molecule has 0 unspecified atom stereocenters. The third kappa shape index (κ3) is 3.21. The summed E-state index contributed by atoms with van der Waals surface area (Å²) in [7, 11) is 0. The minimum Gasteiger partial charge on any atom is -0.321 e. The lowest BCUT2D eigenvalue weighted by Gasteiger charge is -2.07. The maximum absolute atomic E-state index is 13.0. The SMILES string of the molecule is Cc1ccc(NC(=O)c2sc3ncccc3c2-c2ccc(Cl)cc2)cc1. The van der Waals surface area contributed by atoms with E-state index >= 15 is 0 Å². The van der Waals surface area contributed by atoms with Crippen molar-refractivity contribution in [1.29, 1.82) is 0 Å². The van der Waals surface area contributed by atoms with Crippen LogP contribution in [0, 0.1) is 6.92 Å². The maximum Gasteiger partial charge on any atom is 0.266 e. The Morgan fingerprint density at radius 3 is 2.50 bits per heavy atom. The van der Waals surface area contributed by atoms with E-state index in [1.165, 1.54) is 11.3 Å².